The van der Waals surface area contributed by atoms with E-state index < -0.39 is 18.6 Å². The number of anilines is 1. The Morgan fingerprint density at radius 3 is 2.55 bits per heavy atom. The van der Waals surface area contributed by atoms with Crippen molar-refractivity contribution >= 4 is 17.8 Å². The number of unbranched alkanes of at least 4 members (excludes halogenated alkanes) is 4. The van der Waals surface area contributed by atoms with Crippen LogP contribution in [0.2, 0.25) is 0 Å². The van der Waals surface area contributed by atoms with Crippen LogP contribution < -0.4 is 15.5 Å². The van der Waals surface area contributed by atoms with Crippen molar-refractivity contribution in [1.29, 1.82) is 0 Å². The third-order valence-electron chi connectivity index (χ3n) is 7.52. The van der Waals surface area contributed by atoms with E-state index in [0.717, 1.165) is 54.5 Å². The van der Waals surface area contributed by atoms with Crippen molar-refractivity contribution in [3.63, 3.8) is 0 Å². The van der Waals surface area contributed by atoms with Gasteiger partial charge < -0.3 is 25.1 Å². The topological polar surface area (TPSA) is 97.7 Å². The summed E-state index contributed by atoms with van der Waals surface area (Å²) in [6, 6.07) is 5.36. The van der Waals surface area contributed by atoms with Crippen molar-refractivity contribution in [2.24, 2.45) is 0 Å². The number of carbonyl (C=O) groups excluding carboxylic acids is 2. The minimum Gasteiger partial charge on any atom is -0.493 e. The summed E-state index contributed by atoms with van der Waals surface area (Å²) in [6.07, 6.45) is 8.28. The lowest BCUT2D eigenvalue weighted by Gasteiger charge is -2.22. The molecule has 2 aromatic rings. The van der Waals surface area contributed by atoms with Crippen molar-refractivity contribution in [2.75, 3.05) is 37.0 Å². The molecule has 4 rings (SSSR count). The number of carbonyl (C=O) groups is 2. The maximum absolute atomic E-state index is 12.8. The SMILES string of the molecule is CCCCCCCC(CCC)OC(C)=O.O=C1CCc2ccc(OCCc3cn4c(n3)NCCN4)cc2CN1CC(F)(F)F. The number of esters is 1. The largest absolute Gasteiger partial charge is 0.493 e. The van der Waals surface area contributed by atoms with Gasteiger partial charge in [-0.15, -0.1) is 0 Å². The van der Waals surface area contributed by atoms with E-state index >= 15 is 0 Å². The predicted octanol–water partition coefficient (Wildman–Crippen LogP) is 6.39. The highest BCUT2D eigenvalue weighted by molar-refractivity contribution is 5.77. The maximum Gasteiger partial charge on any atom is 0.406 e. The molecule has 0 saturated heterocycles. The normalized spacial score (nSPS) is 15.0. The monoisotopic (exact) mass is 623 g/mol. The van der Waals surface area contributed by atoms with E-state index in [0.29, 0.717) is 30.8 Å². The molecule has 1 aromatic heterocycles. The number of aromatic nitrogens is 2. The Labute approximate surface area is 258 Å². The molecule has 2 aliphatic heterocycles. The van der Waals surface area contributed by atoms with Gasteiger partial charge in [0.25, 0.3) is 0 Å². The first kappa shape index (κ1) is 35.0. The van der Waals surface area contributed by atoms with E-state index in [2.05, 4.69) is 29.6 Å². The molecule has 1 aromatic carbocycles. The van der Waals surface area contributed by atoms with Gasteiger partial charge in [-0.05, 0) is 48.9 Å². The van der Waals surface area contributed by atoms with Gasteiger partial charge in [0.1, 0.15) is 18.4 Å². The molecule has 246 valence electrons. The Bertz CT molecular complexity index is 1160. The quantitative estimate of drug-likeness (QED) is 0.186. The summed E-state index contributed by atoms with van der Waals surface area (Å²) in [5, 5.41) is 3.19. The number of hydrogen-bond acceptors (Lipinski definition) is 7. The lowest BCUT2D eigenvalue weighted by molar-refractivity contribution is -0.162. The molecule has 0 spiro atoms. The van der Waals surface area contributed by atoms with Crippen LogP contribution in [0.15, 0.2) is 24.4 Å². The Morgan fingerprint density at radius 2 is 1.84 bits per heavy atom. The fraction of sp³-hybridized carbons (Fsp3) is 0.656. The zero-order chi connectivity index (χ0) is 32.0. The summed E-state index contributed by atoms with van der Waals surface area (Å²) in [4.78, 5) is 28.2. The number of halogens is 3. The molecule has 0 saturated carbocycles. The van der Waals surface area contributed by atoms with Crippen LogP contribution in [0.5, 0.6) is 5.75 Å². The maximum atomic E-state index is 12.8. The molecule has 1 unspecified atom stereocenters. The average Bonchev–Trinajstić information content (AvgIpc) is 3.32. The van der Waals surface area contributed by atoms with E-state index in [-0.39, 0.29) is 25.0 Å². The first-order valence-electron chi connectivity index (χ1n) is 15.9. The van der Waals surface area contributed by atoms with Gasteiger partial charge in [0.2, 0.25) is 11.9 Å². The minimum atomic E-state index is -4.41. The molecular weight excluding hydrogens is 575 g/mol. The van der Waals surface area contributed by atoms with Crippen LogP contribution in [0, 0.1) is 0 Å². The number of fused-ring (bicyclic) bond motifs is 2. The van der Waals surface area contributed by atoms with Gasteiger partial charge in [0.15, 0.2) is 0 Å². The molecule has 0 bridgehead atoms. The van der Waals surface area contributed by atoms with Gasteiger partial charge in [0, 0.05) is 39.4 Å². The Kier molecular flexibility index (Phi) is 14.1. The molecule has 1 atom stereocenters. The number of alkyl halides is 3. The zero-order valence-electron chi connectivity index (χ0n) is 26.3. The number of hydrogen-bond donors (Lipinski definition) is 2. The van der Waals surface area contributed by atoms with Crippen molar-refractivity contribution in [2.45, 2.75) is 110 Å². The zero-order valence-corrected chi connectivity index (χ0v) is 26.3. The van der Waals surface area contributed by atoms with Crippen molar-refractivity contribution in [3.8, 4) is 5.75 Å². The number of aryl methyl sites for hydroxylation is 1. The summed E-state index contributed by atoms with van der Waals surface area (Å²) in [6.45, 7) is 6.59. The van der Waals surface area contributed by atoms with Crippen LogP contribution in [0.4, 0.5) is 19.1 Å². The molecular formula is C32H48F3N5O4. The lowest BCUT2D eigenvalue weighted by Crippen LogP contribution is -2.37. The van der Waals surface area contributed by atoms with E-state index in [1.165, 1.54) is 39.0 Å². The van der Waals surface area contributed by atoms with Gasteiger partial charge in [-0.3, -0.25) is 9.59 Å². The second kappa shape index (κ2) is 17.8. The van der Waals surface area contributed by atoms with Gasteiger partial charge in [0.05, 0.1) is 18.5 Å². The van der Waals surface area contributed by atoms with Crippen LogP contribution in [0.1, 0.15) is 95.4 Å². The Balaban J connectivity index is 0.000000301. The second-order valence-corrected chi connectivity index (χ2v) is 11.4. The molecule has 9 nitrogen and oxygen atoms in total. The highest BCUT2D eigenvalue weighted by atomic mass is 19.4. The van der Waals surface area contributed by atoms with Crippen LogP contribution >= 0.6 is 0 Å². The minimum absolute atomic E-state index is 0.0595. The van der Waals surface area contributed by atoms with E-state index in [1.807, 2.05) is 16.9 Å². The van der Waals surface area contributed by atoms with Crippen molar-refractivity contribution < 1.29 is 32.2 Å². The second-order valence-electron chi connectivity index (χ2n) is 11.4. The first-order chi connectivity index (χ1) is 21.1. The number of nitrogens with zero attached hydrogens (tertiary/aromatic N) is 3. The summed E-state index contributed by atoms with van der Waals surface area (Å²) < 4.78 is 51.2. The van der Waals surface area contributed by atoms with Crippen LogP contribution in [0.25, 0.3) is 0 Å². The van der Waals surface area contributed by atoms with Gasteiger partial charge in [-0.1, -0.05) is 52.0 Å². The molecule has 2 N–H and O–H groups in total. The highest BCUT2D eigenvalue weighted by Crippen LogP contribution is 2.27. The standard InChI is InChI=1S/C19H22F3N5O2.C13H26O2/c20-19(21,22)12-26-10-14-9-16(3-1-13(14)2-4-17(26)28)29-8-5-15-11-27-18(25-15)23-6-7-24-27;1-4-6-7-8-9-11-13(10-5-2)15-12(3)14/h1,3,9,11,24H,2,4-8,10,12H2,(H,23,25);13H,4-11H2,1-3H3. The number of nitrogens with one attached hydrogen (secondary N) is 2. The fourth-order valence-electron chi connectivity index (χ4n) is 5.35. The van der Waals surface area contributed by atoms with E-state index in [4.69, 9.17) is 9.47 Å². The van der Waals surface area contributed by atoms with Crippen molar-refractivity contribution in [3.05, 3.63) is 41.2 Å². The Morgan fingerprint density at radius 1 is 1.05 bits per heavy atom. The van der Waals surface area contributed by atoms with Crippen molar-refractivity contribution in [1.82, 2.24) is 14.6 Å². The van der Waals surface area contributed by atoms with Crippen LogP contribution in [0.3, 0.4) is 0 Å². The summed E-state index contributed by atoms with van der Waals surface area (Å²) >= 11 is 0. The molecule has 2 aliphatic rings. The van der Waals surface area contributed by atoms with Crippen LogP contribution in [-0.2, 0) is 33.7 Å². The molecule has 1 amide bonds. The summed E-state index contributed by atoms with van der Waals surface area (Å²) in [5.74, 6) is 0.727. The Hall–Kier alpha value is -3.44. The molecule has 0 aliphatic carbocycles. The average molecular weight is 624 g/mol. The molecule has 44 heavy (non-hydrogen) atoms. The predicted molar refractivity (Wildman–Crippen MR) is 164 cm³/mol. The smallest absolute Gasteiger partial charge is 0.406 e. The van der Waals surface area contributed by atoms with E-state index in [9.17, 15) is 22.8 Å². The number of benzene rings is 1. The summed E-state index contributed by atoms with van der Waals surface area (Å²) in [5.41, 5.74) is 5.65. The highest BCUT2D eigenvalue weighted by Gasteiger charge is 2.34. The van der Waals surface area contributed by atoms with Gasteiger partial charge >= 0.3 is 12.1 Å². The third kappa shape index (κ3) is 12.3. The third-order valence-corrected chi connectivity index (χ3v) is 7.52. The summed E-state index contributed by atoms with van der Waals surface area (Å²) in [7, 11) is 0. The lowest BCUT2D eigenvalue weighted by atomic mass is 10.0. The van der Waals surface area contributed by atoms with Gasteiger partial charge in [-0.2, -0.15) is 13.2 Å². The number of rotatable bonds is 14. The number of imidazole rings is 1. The number of amides is 1. The number of ether oxygens (including phenoxy) is 2. The first-order valence-corrected chi connectivity index (χ1v) is 15.9. The van der Waals surface area contributed by atoms with Gasteiger partial charge in [-0.25, -0.2) is 9.66 Å². The van der Waals surface area contributed by atoms with Crippen LogP contribution in [-0.4, -0.2) is 65.0 Å². The molecule has 0 radical (unpaired) electrons. The molecule has 0 fully saturated rings. The fourth-order valence-corrected chi connectivity index (χ4v) is 5.35. The van der Waals surface area contributed by atoms with E-state index in [1.54, 1.807) is 12.1 Å². The molecule has 12 heteroatoms. The molecule has 3 heterocycles.